The van der Waals surface area contributed by atoms with Crippen molar-refractivity contribution in [2.75, 3.05) is 6.61 Å². The number of nitrogens with zero attached hydrogens (tertiary/aromatic N) is 3. The molecule has 0 fully saturated rings. The summed E-state index contributed by atoms with van der Waals surface area (Å²) in [5.74, 6) is -0.713. The number of hydrogen-bond acceptors (Lipinski definition) is 5. The minimum absolute atomic E-state index is 0.00561. The summed E-state index contributed by atoms with van der Waals surface area (Å²) in [7, 11) is 0. The number of esters is 1. The van der Waals surface area contributed by atoms with Gasteiger partial charge in [-0.3, -0.25) is 19.6 Å². The quantitative estimate of drug-likeness (QED) is 0.453. The average Bonchev–Trinajstić information content (AvgIpc) is 2.54. The van der Waals surface area contributed by atoms with Gasteiger partial charge in [0, 0.05) is 0 Å². The molecule has 1 atom stereocenters. The molecule has 1 unspecified atom stereocenters. The first-order chi connectivity index (χ1) is 8.38. The molecule has 1 heterocycles. The molecule has 0 spiro atoms. The summed E-state index contributed by atoms with van der Waals surface area (Å²) >= 11 is 0. The van der Waals surface area contributed by atoms with Crippen LogP contribution in [0.2, 0.25) is 0 Å². The Morgan fingerprint density at radius 1 is 1.56 bits per heavy atom. The van der Waals surface area contributed by atoms with E-state index in [1.807, 2.05) is 0 Å². The van der Waals surface area contributed by atoms with Crippen molar-refractivity contribution in [3.63, 3.8) is 0 Å². The van der Waals surface area contributed by atoms with Gasteiger partial charge in [0.1, 0.15) is 11.4 Å². The predicted molar refractivity (Wildman–Crippen MR) is 64.2 cm³/mol. The molecule has 0 amide bonds. The highest BCUT2D eigenvalue weighted by atomic mass is 16.6. The smallest absolute Gasteiger partial charge is 0.312 e. The third-order valence-electron chi connectivity index (χ3n) is 2.66. The minimum atomic E-state index is -0.455. The second-order valence-corrected chi connectivity index (χ2v) is 4.11. The van der Waals surface area contributed by atoms with Crippen molar-refractivity contribution < 1.29 is 14.5 Å². The van der Waals surface area contributed by atoms with Crippen molar-refractivity contribution >= 4 is 11.7 Å². The number of ether oxygens (including phenoxy) is 1. The predicted octanol–water partition coefficient (Wildman–Crippen LogP) is 1.61. The molecule has 100 valence electrons. The van der Waals surface area contributed by atoms with Crippen LogP contribution in [-0.4, -0.2) is 27.3 Å². The van der Waals surface area contributed by atoms with E-state index in [9.17, 15) is 14.9 Å². The number of rotatable bonds is 5. The van der Waals surface area contributed by atoms with Crippen LogP contribution in [0.5, 0.6) is 0 Å². The maximum absolute atomic E-state index is 11.5. The molecule has 7 heteroatoms. The standard InChI is InChI=1S/C11H17N3O4/c1-5-18-11(15)7(2)6-13-9(4)10(14(16)17)8(3)12-13/h7H,5-6H2,1-4H3. The highest BCUT2D eigenvalue weighted by Gasteiger charge is 2.24. The minimum Gasteiger partial charge on any atom is -0.466 e. The van der Waals surface area contributed by atoms with Gasteiger partial charge < -0.3 is 4.74 Å². The van der Waals surface area contributed by atoms with E-state index in [2.05, 4.69) is 5.10 Å². The van der Waals surface area contributed by atoms with Gasteiger partial charge in [-0.2, -0.15) is 5.10 Å². The summed E-state index contributed by atoms with van der Waals surface area (Å²) in [5.41, 5.74) is 0.813. The van der Waals surface area contributed by atoms with E-state index in [1.54, 1.807) is 27.7 Å². The maximum atomic E-state index is 11.5. The Labute approximate surface area is 105 Å². The molecule has 0 saturated carbocycles. The molecular weight excluding hydrogens is 238 g/mol. The van der Waals surface area contributed by atoms with Crippen LogP contribution < -0.4 is 0 Å². The molecule has 18 heavy (non-hydrogen) atoms. The van der Waals surface area contributed by atoms with Gasteiger partial charge in [-0.05, 0) is 20.8 Å². The van der Waals surface area contributed by atoms with E-state index in [4.69, 9.17) is 4.74 Å². The maximum Gasteiger partial charge on any atom is 0.312 e. The lowest BCUT2D eigenvalue weighted by molar-refractivity contribution is -0.386. The Morgan fingerprint density at radius 3 is 2.61 bits per heavy atom. The van der Waals surface area contributed by atoms with E-state index >= 15 is 0 Å². The number of carbonyl (C=O) groups is 1. The lowest BCUT2D eigenvalue weighted by Crippen LogP contribution is -2.21. The summed E-state index contributed by atoms with van der Waals surface area (Å²) in [6.45, 7) is 7.24. The molecule has 0 N–H and O–H groups in total. The van der Waals surface area contributed by atoms with Gasteiger partial charge in [0.05, 0.1) is 24.0 Å². The molecule has 0 radical (unpaired) electrons. The Hall–Kier alpha value is -1.92. The van der Waals surface area contributed by atoms with Crippen LogP contribution in [0, 0.1) is 29.9 Å². The zero-order chi connectivity index (χ0) is 13.9. The van der Waals surface area contributed by atoms with Gasteiger partial charge in [-0.1, -0.05) is 6.92 Å². The highest BCUT2D eigenvalue weighted by Crippen LogP contribution is 2.22. The fourth-order valence-electron chi connectivity index (χ4n) is 1.75. The number of carbonyl (C=O) groups excluding carboxylic acids is 1. The second kappa shape index (κ2) is 5.61. The number of hydrogen-bond donors (Lipinski definition) is 0. The van der Waals surface area contributed by atoms with Crippen LogP contribution in [0.1, 0.15) is 25.2 Å². The van der Waals surface area contributed by atoms with E-state index in [0.717, 1.165) is 0 Å². The van der Waals surface area contributed by atoms with E-state index < -0.39 is 4.92 Å². The van der Waals surface area contributed by atoms with Gasteiger partial charge in [0.2, 0.25) is 0 Å². The zero-order valence-corrected chi connectivity index (χ0v) is 11.0. The number of aryl methyl sites for hydroxylation is 1. The topological polar surface area (TPSA) is 87.3 Å². The van der Waals surface area contributed by atoms with Crippen LogP contribution in [0.25, 0.3) is 0 Å². The first-order valence-corrected chi connectivity index (χ1v) is 5.73. The largest absolute Gasteiger partial charge is 0.466 e. The van der Waals surface area contributed by atoms with Crippen molar-refractivity contribution in [2.45, 2.75) is 34.2 Å². The second-order valence-electron chi connectivity index (χ2n) is 4.11. The molecule has 1 aromatic heterocycles. The van der Waals surface area contributed by atoms with Gasteiger partial charge in [0.25, 0.3) is 0 Å². The first kappa shape index (κ1) is 14.1. The summed E-state index contributed by atoms with van der Waals surface area (Å²) < 4.78 is 6.37. The molecule has 0 aliphatic carbocycles. The SMILES string of the molecule is CCOC(=O)C(C)Cn1nc(C)c([N+](=O)[O-])c1C. The van der Waals surface area contributed by atoms with Gasteiger partial charge >= 0.3 is 11.7 Å². The Bertz CT molecular complexity index is 467. The first-order valence-electron chi connectivity index (χ1n) is 5.73. The molecule has 1 rings (SSSR count). The Kier molecular flexibility index (Phi) is 4.41. The molecule has 0 bridgehead atoms. The van der Waals surface area contributed by atoms with Crippen LogP contribution in [0.15, 0.2) is 0 Å². The van der Waals surface area contributed by atoms with Crippen molar-refractivity contribution in [1.82, 2.24) is 9.78 Å². The third-order valence-corrected chi connectivity index (χ3v) is 2.66. The molecule has 0 aliphatic rings. The lowest BCUT2D eigenvalue weighted by Gasteiger charge is -2.11. The van der Waals surface area contributed by atoms with Crippen LogP contribution in [0.3, 0.4) is 0 Å². The molecular formula is C11H17N3O4. The summed E-state index contributed by atoms with van der Waals surface area (Å²) in [6.07, 6.45) is 0. The molecule has 0 aliphatic heterocycles. The molecule has 7 nitrogen and oxygen atoms in total. The Balaban J connectivity index is 2.89. The number of nitro groups is 1. The molecule has 0 aromatic carbocycles. The normalized spacial score (nSPS) is 12.2. The molecule has 0 saturated heterocycles. The third kappa shape index (κ3) is 2.85. The van der Waals surface area contributed by atoms with Gasteiger partial charge in [0.15, 0.2) is 0 Å². The van der Waals surface area contributed by atoms with E-state index in [-0.39, 0.29) is 24.1 Å². The summed E-state index contributed by atoms with van der Waals surface area (Å²) in [6, 6.07) is 0. The fraction of sp³-hybridized carbons (Fsp3) is 0.636. The highest BCUT2D eigenvalue weighted by molar-refractivity contribution is 5.71. The monoisotopic (exact) mass is 255 g/mol. The molecule has 1 aromatic rings. The van der Waals surface area contributed by atoms with Crippen LogP contribution in [0.4, 0.5) is 5.69 Å². The van der Waals surface area contributed by atoms with Crippen LogP contribution in [-0.2, 0) is 16.1 Å². The van der Waals surface area contributed by atoms with E-state index in [0.29, 0.717) is 18.0 Å². The van der Waals surface area contributed by atoms with E-state index in [1.165, 1.54) is 4.68 Å². The Morgan fingerprint density at radius 2 is 2.17 bits per heavy atom. The lowest BCUT2D eigenvalue weighted by atomic mass is 10.2. The summed E-state index contributed by atoms with van der Waals surface area (Å²) in [5, 5.41) is 14.9. The van der Waals surface area contributed by atoms with Crippen molar-refractivity contribution in [3.05, 3.63) is 21.5 Å². The van der Waals surface area contributed by atoms with Gasteiger partial charge in [-0.15, -0.1) is 0 Å². The van der Waals surface area contributed by atoms with Crippen molar-refractivity contribution in [1.29, 1.82) is 0 Å². The summed E-state index contributed by atoms with van der Waals surface area (Å²) in [4.78, 5) is 21.9. The fourth-order valence-corrected chi connectivity index (χ4v) is 1.75. The van der Waals surface area contributed by atoms with Gasteiger partial charge in [-0.25, -0.2) is 0 Å². The zero-order valence-electron chi connectivity index (χ0n) is 11.0. The van der Waals surface area contributed by atoms with Crippen LogP contribution >= 0.6 is 0 Å². The van der Waals surface area contributed by atoms with Crippen molar-refractivity contribution in [3.8, 4) is 0 Å². The van der Waals surface area contributed by atoms with Crippen molar-refractivity contribution in [2.24, 2.45) is 5.92 Å². The average molecular weight is 255 g/mol. The number of aromatic nitrogens is 2.